The van der Waals surface area contributed by atoms with E-state index in [9.17, 15) is 14.9 Å². The molecule has 0 saturated carbocycles. The van der Waals surface area contributed by atoms with E-state index in [1.165, 1.54) is 35.5 Å². The normalized spacial score (nSPS) is 11.4. The lowest BCUT2D eigenvalue weighted by Crippen LogP contribution is -2.15. The first-order valence-corrected chi connectivity index (χ1v) is 12.9. The average molecular weight is 536 g/mol. The van der Waals surface area contributed by atoms with Crippen LogP contribution in [0.5, 0.6) is 0 Å². The molecular weight excluding hydrogens is 510 g/mol. The largest absolute Gasteiger partial charge is 0.324 e. The number of nitro groups is 1. The summed E-state index contributed by atoms with van der Waals surface area (Å²) in [6.45, 7) is 8.52. The number of nitrogens with zero attached hydrogens (tertiary/aromatic N) is 4. The molecule has 0 bridgehead atoms. The van der Waals surface area contributed by atoms with E-state index in [0.29, 0.717) is 16.7 Å². The van der Waals surface area contributed by atoms with Gasteiger partial charge in [-0.1, -0.05) is 86.1 Å². The molecule has 1 heterocycles. The molecular formula is C27H26ClN5O3S. The number of benzene rings is 3. The fourth-order valence-electron chi connectivity index (χ4n) is 3.63. The maximum atomic E-state index is 12.7. The fourth-order valence-corrected chi connectivity index (χ4v) is 4.61. The summed E-state index contributed by atoms with van der Waals surface area (Å²) in [5.74, 6) is 0.390. The van der Waals surface area contributed by atoms with Crippen LogP contribution < -0.4 is 5.32 Å². The molecule has 0 aliphatic heterocycles. The second-order valence-electron chi connectivity index (χ2n) is 9.56. The third kappa shape index (κ3) is 6.18. The van der Waals surface area contributed by atoms with Crippen molar-refractivity contribution in [1.82, 2.24) is 14.8 Å². The number of carbonyl (C=O) groups is 1. The molecule has 190 valence electrons. The minimum absolute atomic E-state index is 0.0318. The second-order valence-corrected chi connectivity index (χ2v) is 10.9. The van der Waals surface area contributed by atoms with E-state index in [2.05, 4.69) is 48.4 Å². The highest BCUT2D eigenvalue weighted by atomic mass is 35.5. The van der Waals surface area contributed by atoms with Crippen LogP contribution in [-0.4, -0.2) is 31.3 Å². The van der Waals surface area contributed by atoms with E-state index < -0.39 is 4.92 Å². The number of hydrogen-bond donors (Lipinski definition) is 1. The third-order valence-electron chi connectivity index (χ3n) is 5.70. The Morgan fingerprint density at radius 2 is 1.73 bits per heavy atom. The SMILES string of the molecule is Cc1ccc(-n2c(SCC(=O)Nc3ccc([N+](=O)[O-])cc3Cl)nnc2-c2ccc(C(C)(C)C)cc2)cc1. The molecule has 10 heteroatoms. The van der Waals surface area contributed by atoms with Crippen LogP contribution in [0, 0.1) is 17.0 Å². The Morgan fingerprint density at radius 1 is 1.05 bits per heavy atom. The molecule has 4 rings (SSSR count). The predicted molar refractivity (Wildman–Crippen MR) is 148 cm³/mol. The van der Waals surface area contributed by atoms with Crippen LogP contribution in [0.2, 0.25) is 5.02 Å². The van der Waals surface area contributed by atoms with Crippen molar-refractivity contribution < 1.29 is 9.72 Å². The first-order chi connectivity index (χ1) is 17.5. The van der Waals surface area contributed by atoms with E-state index in [1.807, 2.05) is 47.9 Å². The summed E-state index contributed by atoms with van der Waals surface area (Å²) in [7, 11) is 0. The van der Waals surface area contributed by atoms with Gasteiger partial charge in [-0.2, -0.15) is 0 Å². The number of thioether (sulfide) groups is 1. The van der Waals surface area contributed by atoms with Crippen molar-refractivity contribution in [2.45, 2.75) is 38.3 Å². The summed E-state index contributed by atoms with van der Waals surface area (Å²) in [4.78, 5) is 23.1. The zero-order valence-electron chi connectivity index (χ0n) is 20.9. The maximum Gasteiger partial charge on any atom is 0.271 e. The van der Waals surface area contributed by atoms with Gasteiger partial charge in [-0.15, -0.1) is 10.2 Å². The number of rotatable bonds is 7. The van der Waals surface area contributed by atoms with Crippen molar-refractivity contribution in [1.29, 1.82) is 0 Å². The first kappa shape index (κ1) is 26.4. The number of amides is 1. The van der Waals surface area contributed by atoms with Crippen LogP contribution in [0.1, 0.15) is 31.9 Å². The Labute approximate surface area is 224 Å². The van der Waals surface area contributed by atoms with E-state index in [4.69, 9.17) is 11.6 Å². The lowest BCUT2D eigenvalue weighted by Gasteiger charge is -2.19. The highest BCUT2D eigenvalue weighted by Crippen LogP contribution is 2.31. The average Bonchev–Trinajstić information content (AvgIpc) is 3.28. The number of hydrogen-bond acceptors (Lipinski definition) is 6. The molecule has 8 nitrogen and oxygen atoms in total. The van der Waals surface area contributed by atoms with Gasteiger partial charge in [0.15, 0.2) is 11.0 Å². The first-order valence-electron chi connectivity index (χ1n) is 11.5. The Balaban J connectivity index is 1.59. The van der Waals surface area contributed by atoms with E-state index >= 15 is 0 Å². The van der Waals surface area contributed by atoms with Gasteiger partial charge in [0.25, 0.3) is 5.69 Å². The van der Waals surface area contributed by atoms with E-state index in [-0.39, 0.29) is 27.8 Å². The molecule has 4 aromatic rings. The summed E-state index contributed by atoms with van der Waals surface area (Å²) in [6.07, 6.45) is 0. The number of nitrogens with one attached hydrogen (secondary N) is 1. The minimum Gasteiger partial charge on any atom is -0.324 e. The Morgan fingerprint density at radius 3 is 2.32 bits per heavy atom. The van der Waals surface area contributed by atoms with E-state index in [0.717, 1.165) is 16.8 Å². The number of halogens is 1. The molecule has 37 heavy (non-hydrogen) atoms. The van der Waals surface area contributed by atoms with Crippen LogP contribution in [0.25, 0.3) is 17.1 Å². The van der Waals surface area contributed by atoms with Crippen molar-refractivity contribution >= 4 is 40.6 Å². The fraction of sp³-hybridized carbons (Fsp3) is 0.222. The van der Waals surface area contributed by atoms with Crippen LogP contribution in [0.3, 0.4) is 0 Å². The number of non-ortho nitro benzene ring substituents is 1. The Bertz CT molecular complexity index is 1440. The smallest absolute Gasteiger partial charge is 0.271 e. The monoisotopic (exact) mass is 535 g/mol. The van der Waals surface area contributed by atoms with Gasteiger partial charge < -0.3 is 5.32 Å². The molecule has 3 aromatic carbocycles. The molecule has 1 N–H and O–H groups in total. The molecule has 0 unspecified atom stereocenters. The lowest BCUT2D eigenvalue weighted by molar-refractivity contribution is -0.384. The molecule has 0 radical (unpaired) electrons. The summed E-state index contributed by atoms with van der Waals surface area (Å²) in [5, 5.41) is 23.1. The van der Waals surface area contributed by atoms with Crippen LogP contribution in [0.15, 0.2) is 71.9 Å². The Kier molecular flexibility index (Phi) is 7.65. The molecule has 0 fully saturated rings. The van der Waals surface area contributed by atoms with Crippen molar-refractivity contribution in [3.63, 3.8) is 0 Å². The van der Waals surface area contributed by atoms with Gasteiger partial charge in [0.1, 0.15) is 0 Å². The topological polar surface area (TPSA) is 103 Å². The minimum atomic E-state index is -0.542. The molecule has 1 amide bonds. The third-order valence-corrected chi connectivity index (χ3v) is 6.95. The van der Waals surface area contributed by atoms with Gasteiger partial charge >= 0.3 is 0 Å². The van der Waals surface area contributed by atoms with Gasteiger partial charge in [-0.05, 0) is 36.1 Å². The molecule has 0 atom stereocenters. The Hall–Kier alpha value is -3.69. The van der Waals surface area contributed by atoms with Crippen molar-refractivity contribution in [3.8, 4) is 17.1 Å². The van der Waals surface area contributed by atoms with Gasteiger partial charge in [0, 0.05) is 23.4 Å². The number of aryl methyl sites for hydroxylation is 1. The number of anilines is 1. The number of carbonyl (C=O) groups excluding carboxylic acids is 1. The quantitative estimate of drug-likeness (QED) is 0.158. The van der Waals surface area contributed by atoms with Crippen LogP contribution >= 0.6 is 23.4 Å². The second kappa shape index (κ2) is 10.7. The van der Waals surface area contributed by atoms with Crippen molar-refractivity contribution in [3.05, 3.63) is 93.0 Å². The lowest BCUT2D eigenvalue weighted by atomic mass is 9.87. The predicted octanol–water partition coefficient (Wildman–Crippen LogP) is 6.83. The van der Waals surface area contributed by atoms with Gasteiger partial charge in [0.2, 0.25) is 5.91 Å². The highest BCUT2D eigenvalue weighted by Gasteiger charge is 2.19. The van der Waals surface area contributed by atoms with Gasteiger partial charge in [-0.3, -0.25) is 19.5 Å². The number of aromatic nitrogens is 3. The summed E-state index contributed by atoms with van der Waals surface area (Å²) in [5.41, 5.74) is 4.32. The molecule has 0 spiro atoms. The van der Waals surface area contributed by atoms with Gasteiger partial charge in [0.05, 0.1) is 21.4 Å². The summed E-state index contributed by atoms with van der Waals surface area (Å²) < 4.78 is 1.93. The van der Waals surface area contributed by atoms with Crippen LogP contribution in [0.4, 0.5) is 11.4 Å². The molecule has 0 aliphatic carbocycles. The summed E-state index contributed by atoms with van der Waals surface area (Å²) in [6, 6.07) is 20.2. The zero-order valence-corrected chi connectivity index (χ0v) is 22.4. The van der Waals surface area contributed by atoms with Crippen LogP contribution in [-0.2, 0) is 10.2 Å². The zero-order chi connectivity index (χ0) is 26.7. The highest BCUT2D eigenvalue weighted by molar-refractivity contribution is 7.99. The van der Waals surface area contributed by atoms with E-state index in [1.54, 1.807) is 0 Å². The number of nitro benzene ring substituents is 1. The molecule has 1 aromatic heterocycles. The maximum absolute atomic E-state index is 12.7. The standard InChI is InChI=1S/C27H26ClN5O3S/c1-17-5-11-20(12-6-17)32-25(18-7-9-19(10-8-18)27(2,3)4)30-31-26(32)37-16-24(34)29-23-14-13-21(33(35)36)15-22(23)28/h5-15H,16H2,1-4H3,(H,29,34). The van der Waals surface area contributed by atoms with Gasteiger partial charge in [-0.25, -0.2) is 0 Å². The molecule has 0 saturated heterocycles. The van der Waals surface area contributed by atoms with Crippen molar-refractivity contribution in [2.24, 2.45) is 0 Å². The summed E-state index contributed by atoms with van der Waals surface area (Å²) >= 11 is 7.35. The van der Waals surface area contributed by atoms with Crippen molar-refractivity contribution in [2.75, 3.05) is 11.1 Å². The molecule has 0 aliphatic rings.